The molecular weight excluding hydrogens is 248 g/mol. The van der Waals surface area contributed by atoms with Crippen LogP contribution in [-0.4, -0.2) is 26.8 Å². The molecule has 1 N–H and O–H groups in total. The fourth-order valence-corrected chi connectivity index (χ4v) is 2.45. The molecule has 1 heterocycles. The lowest BCUT2D eigenvalue weighted by atomic mass is 10.2. The molecule has 0 unspecified atom stereocenters. The van der Waals surface area contributed by atoms with Crippen molar-refractivity contribution in [2.24, 2.45) is 0 Å². The average Bonchev–Trinajstić information content (AvgIpc) is 2.33. The number of aromatic carboxylic acids is 1. The van der Waals surface area contributed by atoms with Gasteiger partial charge in [-0.3, -0.25) is 0 Å². The molecule has 0 aliphatic heterocycles. The highest BCUT2D eigenvalue weighted by molar-refractivity contribution is 7.99. The maximum absolute atomic E-state index is 10.8. The van der Waals surface area contributed by atoms with Gasteiger partial charge in [-0.1, -0.05) is 44.4 Å². The number of aromatic nitrogens is 2. The summed E-state index contributed by atoms with van der Waals surface area (Å²) >= 11 is 1.60. The van der Waals surface area contributed by atoms with Gasteiger partial charge in [0.25, 0.3) is 0 Å². The lowest BCUT2D eigenvalue weighted by Crippen LogP contribution is -2.04. The van der Waals surface area contributed by atoms with E-state index >= 15 is 0 Å². The molecule has 0 atom stereocenters. The molecule has 0 aromatic carbocycles. The first-order valence-corrected chi connectivity index (χ1v) is 7.33. The summed E-state index contributed by atoms with van der Waals surface area (Å²) in [5.41, 5.74) is 0.716. The Morgan fingerprint density at radius 1 is 1.33 bits per heavy atom. The molecule has 4 nitrogen and oxygen atoms in total. The quantitative estimate of drug-likeness (QED) is 0.444. The Balaban J connectivity index is 2.35. The van der Waals surface area contributed by atoms with Crippen molar-refractivity contribution in [1.29, 1.82) is 0 Å². The van der Waals surface area contributed by atoms with Gasteiger partial charge in [-0.25, -0.2) is 14.8 Å². The van der Waals surface area contributed by atoms with E-state index in [1.807, 2.05) is 0 Å². The molecule has 18 heavy (non-hydrogen) atoms. The van der Waals surface area contributed by atoms with E-state index in [2.05, 4.69) is 16.9 Å². The van der Waals surface area contributed by atoms with Crippen LogP contribution in [0, 0.1) is 6.92 Å². The van der Waals surface area contributed by atoms with Crippen molar-refractivity contribution in [2.45, 2.75) is 51.1 Å². The van der Waals surface area contributed by atoms with Gasteiger partial charge in [0.05, 0.1) is 11.3 Å². The van der Waals surface area contributed by atoms with E-state index in [-0.39, 0.29) is 5.56 Å². The molecule has 0 saturated carbocycles. The highest BCUT2D eigenvalue weighted by atomic mass is 32.2. The van der Waals surface area contributed by atoms with Crippen LogP contribution in [0.5, 0.6) is 0 Å². The first-order valence-electron chi connectivity index (χ1n) is 6.35. The number of nitrogens with zero attached hydrogens (tertiary/aromatic N) is 2. The molecule has 0 amide bonds. The van der Waals surface area contributed by atoms with E-state index in [1.165, 1.54) is 31.9 Å². The number of rotatable bonds is 8. The summed E-state index contributed by atoms with van der Waals surface area (Å²) in [4.78, 5) is 19.1. The van der Waals surface area contributed by atoms with Gasteiger partial charge in [-0.05, 0) is 13.3 Å². The third-order valence-corrected chi connectivity index (χ3v) is 3.61. The van der Waals surface area contributed by atoms with Crippen molar-refractivity contribution in [2.75, 3.05) is 5.75 Å². The van der Waals surface area contributed by atoms with Gasteiger partial charge < -0.3 is 5.11 Å². The van der Waals surface area contributed by atoms with E-state index in [9.17, 15) is 4.79 Å². The predicted molar refractivity (Wildman–Crippen MR) is 73.2 cm³/mol. The zero-order chi connectivity index (χ0) is 13.4. The van der Waals surface area contributed by atoms with Crippen LogP contribution in [0.25, 0.3) is 0 Å². The van der Waals surface area contributed by atoms with Crippen LogP contribution >= 0.6 is 11.8 Å². The molecule has 1 aromatic rings. The number of carbonyl (C=O) groups is 1. The van der Waals surface area contributed by atoms with E-state index in [1.54, 1.807) is 18.7 Å². The minimum Gasteiger partial charge on any atom is -0.478 e. The van der Waals surface area contributed by atoms with Crippen LogP contribution in [0.2, 0.25) is 0 Å². The van der Waals surface area contributed by atoms with Gasteiger partial charge >= 0.3 is 5.97 Å². The number of carboxylic acids is 1. The number of carboxylic acid groups (broad SMARTS) is 1. The van der Waals surface area contributed by atoms with Gasteiger partial charge in [0.15, 0.2) is 5.16 Å². The topological polar surface area (TPSA) is 63.1 Å². The molecule has 0 spiro atoms. The van der Waals surface area contributed by atoms with Crippen molar-refractivity contribution in [3.63, 3.8) is 0 Å². The Morgan fingerprint density at radius 2 is 2.06 bits per heavy atom. The molecule has 0 aliphatic carbocycles. The Morgan fingerprint density at radius 3 is 2.67 bits per heavy atom. The van der Waals surface area contributed by atoms with Gasteiger partial charge in [0, 0.05) is 11.9 Å². The third-order valence-electron chi connectivity index (χ3n) is 2.67. The third kappa shape index (κ3) is 5.04. The molecular formula is C13H20N2O2S. The van der Waals surface area contributed by atoms with Gasteiger partial charge in [0.2, 0.25) is 0 Å². The number of thioether (sulfide) groups is 1. The van der Waals surface area contributed by atoms with Gasteiger partial charge in [0.1, 0.15) is 0 Å². The highest BCUT2D eigenvalue weighted by Gasteiger charge is 2.09. The van der Waals surface area contributed by atoms with Crippen LogP contribution in [0.1, 0.15) is 55.1 Å². The largest absolute Gasteiger partial charge is 0.478 e. The van der Waals surface area contributed by atoms with Crippen LogP contribution in [0.4, 0.5) is 0 Å². The molecule has 0 radical (unpaired) electrons. The molecule has 0 fully saturated rings. The Bertz CT molecular complexity index is 397. The second kappa shape index (κ2) is 8.08. The maximum Gasteiger partial charge on any atom is 0.339 e. The zero-order valence-electron chi connectivity index (χ0n) is 11.0. The van der Waals surface area contributed by atoms with Crippen LogP contribution in [0.15, 0.2) is 11.4 Å². The second-order valence-corrected chi connectivity index (χ2v) is 5.28. The number of hydrogen-bond donors (Lipinski definition) is 1. The van der Waals surface area contributed by atoms with E-state index in [0.717, 1.165) is 12.2 Å². The minimum atomic E-state index is -0.969. The number of hydrogen-bond acceptors (Lipinski definition) is 4. The Labute approximate surface area is 112 Å². The first kappa shape index (κ1) is 15.0. The van der Waals surface area contributed by atoms with Crippen molar-refractivity contribution in [3.8, 4) is 0 Å². The molecule has 5 heteroatoms. The second-order valence-electron chi connectivity index (χ2n) is 4.22. The lowest BCUT2D eigenvalue weighted by molar-refractivity contribution is 0.0695. The van der Waals surface area contributed by atoms with Crippen LogP contribution < -0.4 is 0 Å². The van der Waals surface area contributed by atoms with Crippen LogP contribution in [-0.2, 0) is 0 Å². The van der Waals surface area contributed by atoms with E-state index in [4.69, 9.17) is 5.11 Å². The molecule has 100 valence electrons. The first-order chi connectivity index (χ1) is 8.65. The van der Waals surface area contributed by atoms with E-state index in [0.29, 0.717) is 10.9 Å². The molecule has 0 aliphatic rings. The Hall–Kier alpha value is -1.10. The van der Waals surface area contributed by atoms with Gasteiger partial charge in [-0.2, -0.15) is 0 Å². The smallest absolute Gasteiger partial charge is 0.339 e. The maximum atomic E-state index is 10.8. The summed E-state index contributed by atoms with van der Waals surface area (Å²) in [7, 11) is 0. The van der Waals surface area contributed by atoms with Crippen LogP contribution in [0.3, 0.4) is 0 Å². The number of unbranched alkanes of at least 4 members (excludes halogenated alkanes) is 4. The molecule has 1 rings (SSSR count). The lowest BCUT2D eigenvalue weighted by Gasteiger charge is -2.03. The zero-order valence-corrected chi connectivity index (χ0v) is 11.8. The minimum absolute atomic E-state index is 0.183. The fraction of sp³-hybridized carbons (Fsp3) is 0.615. The number of aryl methyl sites for hydroxylation is 1. The normalized spacial score (nSPS) is 10.6. The average molecular weight is 268 g/mol. The Kier molecular flexibility index (Phi) is 6.72. The van der Waals surface area contributed by atoms with Crippen molar-refractivity contribution >= 4 is 17.7 Å². The van der Waals surface area contributed by atoms with Crippen molar-refractivity contribution in [1.82, 2.24) is 9.97 Å². The van der Waals surface area contributed by atoms with Crippen molar-refractivity contribution < 1.29 is 9.90 Å². The monoisotopic (exact) mass is 268 g/mol. The SMILES string of the molecule is CCCCCCCSc1ncc(C(=O)O)c(C)n1. The molecule has 0 bridgehead atoms. The summed E-state index contributed by atoms with van der Waals surface area (Å²) < 4.78 is 0. The summed E-state index contributed by atoms with van der Waals surface area (Å²) in [6, 6.07) is 0. The van der Waals surface area contributed by atoms with E-state index < -0.39 is 5.97 Å². The summed E-state index contributed by atoms with van der Waals surface area (Å²) in [5.74, 6) is 0.0267. The summed E-state index contributed by atoms with van der Waals surface area (Å²) in [6.45, 7) is 3.91. The predicted octanol–water partition coefficient (Wildman–Crippen LogP) is 3.55. The highest BCUT2D eigenvalue weighted by Crippen LogP contribution is 2.17. The fourth-order valence-electron chi connectivity index (χ4n) is 1.59. The summed E-state index contributed by atoms with van der Waals surface area (Å²) in [6.07, 6.45) is 7.64. The molecule has 0 saturated heterocycles. The van der Waals surface area contributed by atoms with Crippen molar-refractivity contribution in [3.05, 3.63) is 17.5 Å². The standard InChI is InChI=1S/C13H20N2O2S/c1-3-4-5-6-7-8-18-13-14-9-11(12(16)17)10(2)15-13/h9H,3-8H2,1-2H3,(H,16,17). The summed E-state index contributed by atoms with van der Waals surface area (Å²) in [5, 5.41) is 9.54. The van der Waals surface area contributed by atoms with Gasteiger partial charge in [-0.15, -0.1) is 0 Å². The molecule has 1 aromatic heterocycles.